The zero-order valence-electron chi connectivity index (χ0n) is 10.7. The van der Waals surface area contributed by atoms with Crippen LogP contribution in [0.1, 0.15) is 29.2 Å². The number of aryl methyl sites for hydroxylation is 2. The van der Waals surface area contributed by atoms with Crippen LogP contribution in [0.25, 0.3) is 0 Å². The molecule has 3 N–H and O–H groups in total. The summed E-state index contributed by atoms with van der Waals surface area (Å²) in [4.78, 5) is 2.17. The van der Waals surface area contributed by atoms with Gasteiger partial charge in [-0.15, -0.1) is 0 Å². The molecule has 0 aliphatic heterocycles. The molecule has 0 bridgehead atoms. The molecule has 0 aliphatic carbocycles. The highest BCUT2D eigenvalue weighted by Crippen LogP contribution is 2.21. The van der Waals surface area contributed by atoms with Crippen molar-refractivity contribution >= 4 is 0 Å². The Labute approximate surface area is 98.6 Å². The third-order valence-electron chi connectivity index (χ3n) is 2.87. The van der Waals surface area contributed by atoms with Crippen LogP contribution in [0, 0.1) is 13.8 Å². The molecule has 90 valence electrons. The molecule has 1 atom stereocenters. The average Bonchev–Trinajstić information content (AvgIpc) is 2.21. The van der Waals surface area contributed by atoms with E-state index in [9.17, 15) is 0 Å². The summed E-state index contributed by atoms with van der Waals surface area (Å²) in [6.07, 6.45) is 1.02. The van der Waals surface area contributed by atoms with E-state index in [4.69, 9.17) is 5.84 Å². The first-order valence-corrected chi connectivity index (χ1v) is 5.72. The molecule has 1 unspecified atom stereocenters. The molecule has 0 amide bonds. The van der Waals surface area contributed by atoms with E-state index in [2.05, 4.69) is 56.5 Å². The minimum atomic E-state index is 0.239. The quantitative estimate of drug-likeness (QED) is 0.588. The van der Waals surface area contributed by atoms with Gasteiger partial charge in [0.05, 0.1) is 0 Å². The Kier molecular flexibility index (Phi) is 4.93. The highest BCUT2D eigenvalue weighted by Gasteiger charge is 2.12. The molecule has 3 heteroatoms. The summed E-state index contributed by atoms with van der Waals surface area (Å²) >= 11 is 0. The number of hydrogen-bond donors (Lipinski definition) is 2. The van der Waals surface area contributed by atoms with Crippen molar-refractivity contribution in [1.29, 1.82) is 0 Å². The first-order valence-electron chi connectivity index (χ1n) is 5.72. The van der Waals surface area contributed by atoms with Gasteiger partial charge in [-0.3, -0.25) is 11.3 Å². The van der Waals surface area contributed by atoms with Gasteiger partial charge in [-0.25, -0.2) is 0 Å². The van der Waals surface area contributed by atoms with Crippen molar-refractivity contribution in [3.63, 3.8) is 0 Å². The Morgan fingerprint density at radius 1 is 1.31 bits per heavy atom. The lowest BCUT2D eigenvalue weighted by molar-refractivity contribution is 0.362. The van der Waals surface area contributed by atoms with E-state index in [-0.39, 0.29) is 6.04 Å². The number of benzene rings is 1. The maximum atomic E-state index is 5.63. The second-order valence-corrected chi connectivity index (χ2v) is 4.67. The van der Waals surface area contributed by atoms with Gasteiger partial charge in [0.1, 0.15) is 0 Å². The highest BCUT2D eigenvalue weighted by atomic mass is 15.2. The van der Waals surface area contributed by atoms with Crippen molar-refractivity contribution < 1.29 is 0 Å². The van der Waals surface area contributed by atoms with Crippen molar-refractivity contribution in [2.75, 3.05) is 20.6 Å². The molecular weight excluding hydrogens is 198 g/mol. The first kappa shape index (κ1) is 13.2. The lowest BCUT2D eigenvalue weighted by atomic mass is 9.97. The van der Waals surface area contributed by atoms with Crippen LogP contribution in [0.3, 0.4) is 0 Å². The Bertz CT molecular complexity index is 334. The number of rotatable bonds is 5. The monoisotopic (exact) mass is 221 g/mol. The minimum Gasteiger partial charge on any atom is -0.309 e. The third-order valence-corrected chi connectivity index (χ3v) is 2.87. The average molecular weight is 221 g/mol. The van der Waals surface area contributed by atoms with Crippen LogP contribution < -0.4 is 11.3 Å². The molecule has 3 nitrogen and oxygen atoms in total. The molecule has 0 aromatic heterocycles. The maximum absolute atomic E-state index is 5.63. The van der Waals surface area contributed by atoms with Gasteiger partial charge in [0, 0.05) is 6.04 Å². The standard InChI is InChI=1S/C13H23N3/c1-10-5-6-12(11(2)9-10)13(15-14)7-8-16(3)4/h5-6,9,13,15H,7-8,14H2,1-4H3. The molecule has 0 radical (unpaired) electrons. The molecule has 1 aromatic carbocycles. The molecule has 0 saturated heterocycles. The number of nitrogens with one attached hydrogen (secondary N) is 1. The smallest absolute Gasteiger partial charge is 0.0474 e. The predicted molar refractivity (Wildman–Crippen MR) is 69.2 cm³/mol. The van der Waals surface area contributed by atoms with Crippen LogP contribution in [0.5, 0.6) is 0 Å². The van der Waals surface area contributed by atoms with Gasteiger partial charge >= 0.3 is 0 Å². The summed E-state index contributed by atoms with van der Waals surface area (Å²) in [7, 11) is 4.16. The van der Waals surface area contributed by atoms with Crippen LogP contribution in [0.4, 0.5) is 0 Å². The fourth-order valence-corrected chi connectivity index (χ4v) is 1.93. The third kappa shape index (κ3) is 3.59. The first-order chi connectivity index (χ1) is 7.54. The van der Waals surface area contributed by atoms with Gasteiger partial charge in [-0.2, -0.15) is 0 Å². The van der Waals surface area contributed by atoms with Gasteiger partial charge in [-0.05, 0) is 52.0 Å². The van der Waals surface area contributed by atoms with Crippen LogP contribution in [0.2, 0.25) is 0 Å². The SMILES string of the molecule is Cc1ccc(C(CCN(C)C)NN)c(C)c1. The summed E-state index contributed by atoms with van der Waals surface area (Å²) in [5.41, 5.74) is 6.81. The van der Waals surface area contributed by atoms with Crippen LogP contribution in [-0.2, 0) is 0 Å². The van der Waals surface area contributed by atoms with Crippen molar-refractivity contribution in [3.8, 4) is 0 Å². The van der Waals surface area contributed by atoms with Gasteiger partial charge in [0.15, 0.2) is 0 Å². The predicted octanol–water partition coefficient (Wildman–Crippen LogP) is 1.76. The zero-order chi connectivity index (χ0) is 12.1. The molecule has 1 aromatic rings. The topological polar surface area (TPSA) is 41.3 Å². The van der Waals surface area contributed by atoms with Crippen molar-refractivity contribution in [2.24, 2.45) is 5.84 Å². The lowest BCUT2D eigenvalue weighted by Gasteiger charge is -2.20. The Morgan fingerprint density at radius 3 is 2.50 bits per heavy atom. The fourth-order valence-electron chi connectivity index (χ4n) is 1.93. The van der Waals surface area contributed by atoms with Gasteiger partial charge in [0.25, 0.3) is 0 Å². The normalized spacial score (nSPS) is 13.1. The Morgan fingerprint density at radius 2 is 2.00 bits per heavy atom. The number of hydrazine groups is 1. The van der Waals surface area contributed by atoms with Crippen LogP contribution in [-0.4, -0.2) is 25.5 Å². The molecular formula is C13H23N3. The van der Waals surface area contributed by atoms with Crippen LogP contribution >= 0.6 is 0 Å². The Hall–Kier alpha value is -0.900. The van der Waals surface area contributed by atoms with Crippen molar-refractivity contribution in [2.45, 2.75) is 26.3 Å². The Balaban J connectivity index is 2.78. The largest absolute Gasteiger partial charge is 0.309 e. The minimum absolute atomic E-state index is 0.239. The van der Waals surface area contributed by atoms with E-state index in [1.807, 2.05) is 0 Å². The highest BCUT2D eigenvalue weighted by molar-refractivity contribution is 5.32. The molecule has 0 fully saturated rings. The summed E-state index contributed by atoms with van der Waals surface area (Å²) in [6, 6.07) is 6.76. The molecule has 0 saturated carbocycles. The molecule has 0 heterocycles. The van der Waals surface area contributed by atoms with E-state index in [0.29, 0.717) is 0 Å². The van der Waals surface area contributed by atoms with E-state index in [1.54, 1.807) is 0 Å². The number of nitrogens with two attached hydrogens (primary N) is 1. The van der Waals surface area contributed by atoms with Crippen molar-refractivity contribution in [1.82, 2.24) is 10.3 Å². The second-order valence-electron chi connectivity index (χ2n) is 4.67. The van der Waals surface area contributed by atoms with E-state index < -0.39 is 0 Å². The molecule has 1 rings (SSSR count). The molecule has 0 spiro atoms. The summed E-state index contributed by atoms with van der Waals surface area (Å²) < 4.78 is 0. The second kappa shape index (κ2) is 5.99. The summed E-state index contributed by atoms with van der Waals surface area (Å²) in [5.74, 6) is 5.63. The number of nitrogens with zero attached hydrogens (tertiary/aromatic N) is 1. The lowest BCUT2D eigenvalue weighted by Crippen LogP contribution is -2.31. The molecule has 16 heavy (non-hydrogen) atoms. The van der Waals surface area contributed by atoms with Gasteiger partial charge in [0.2, 0.25) is 0 Å². The number of hydrogen-bond acceptors (Lipinski definition) is 3. The van der Waals surface area contributed by atoms with E-state index >= 15 is 0 Å². The van der Waals surface area contributed by atoms with E-state index in [0.717, 1.165) is 13.0 Å². The van der Waals surface area contributed by atoms with Crippen LogP contribution in [0.15, 0.2) is 18.2 Å². The van der Waals surface area contributed by atoms with Crippen molar-refractivity contribution in [3.05, 3.63) is 34.9 Å². The summed E-state index contributed by atoms with van der Waals surface area (Å²) in [6.45, 7) is 5.28. The zero-order valence-corrected chi connectivity index (χ0v) is 10.7. The van der Waals surface area contributed by atoms with Gasteiger partial charge in [-0.1, -0.05) is 23.8 Å². The van der Waals surface area contributed by atoms with E-state index in [1.165, 1.54) is 16.7 Å². The summed E-state index contributed by atoms with van der Waals surface area (Å²) in [5, 5.41) is 0. The molecule has 0 aliphatic rings. The fraction of sp³-hybridized carbons (Fsp3) is 0.538. The van der Waals surface area contributed by atoms with Gasteiger partial charge < -0.3 is 4.90 Å². The maximum Gasteiger partial charge on any atom is 0.0474 e.